The summed E-state index contributed by atoms with van der Waals surface area (Å²) in [5.41, 5.74) is 0.366. The highest BCUT2D eigenvalue weighted by Gasteiger charge is 2.37. The van der Waals surface area contributed by atoms with E-state index < -0.39 is 0 Å². The van der Waals surface area contributed by atoms with Crippen molar-refractivity contribution in [2.45, 2.75) is 78.8 Å². The van der Waals surface area contributed by atoms with Crippen molar-refractivity contribution < 1.29 is 9.59 Å². The van der Waals surface area contributed by atoms with Crippen LogP contribution in [-0.4, -0.2) is 35.3 Å². The van der Waals surface area contributed by atoms with Crippen molar-refractivity contribution in [3.63, 3.8) is 0 Å². The van der Waals surface area contributed by atoms with Gasteiger partial charge in [-0.05, 0) is 50.9 Å². The molecule has 0 bridgehead atoms. The SMILES string of the molecule is CC(C)N1C[C@@H](C(=O)NC2CCC(C(C)(C)C)CC2)CC1=O. The number of hydrogen-bond donors (Lipinski definition) is 1. The van der Waals surface area contributed by atoms with Crippen molar-refractivity contribution in [3.05, 3.63) is 0 Å². The van der Waals surface area contributed by atoms with E-state index in [2.05, 4.69) is 26.1 Å². The molecule has 4 nitrogen and oxygen atoms in total. The van der Waals surface area contributed by atoms with Crippen molar-refractivity contribution in [2.75, 3.05) is 6.54 Å². The van der Waals surface area contributed by atoms with Crippen molar-refractivity contribution in [1.29, 1.82) is 0 Å². The lowest BCUT2D eigenvalue weighted by molar-refractivity contribution is -0.130. The van der Waals surface area contributed by atoms with E-state index in [-0.39, 0.29) is 23.8 Å². The van der Waals surface area contributed by atoms with E-state index in [0.29, 0.717) is 24.4 Å². The molecule has 2 fully saturated rings. The Kier molecular flexibility index (Phi) is 5.18. The largest absolute Gasteiger partial charge is 0.353 e. The Morgan fingerprint density at radius 1 is 1.18 bits per heavy atom. The minimum atomic E-state index is -0.157. The zero-order chi connectivity index (χ0) is 16.5. The van der Waals surface area contributed by atoms with Crippen LogP contribution in [0.2, 0.25) is 0 Å². The molecule has 1 aliphatic carbocycles. The van der Waals surface area contributed by atoms with Gasteiger partial charge >= 0.3 is 0 Å². The van der Waals surface area contributed by atoms with Gasteiger partial charge in [0.2, 0.25) is 11.8 Å². The first-order valence-corrected chi connectivity index (χ1v) is 8.78. The van der Waals surface area contributed by atoms with Gasteiger partial charge in [0.15, 0.2) is 0 Å². The van der Waals surface area contributed by atoms with E-state index in [0.717, 1.165) is 18.8 Å². The second-order valence-corrected chi connectivity index (χ2v) is 8.46. The predicted molar refractivity (Wildman–Crippen MR) is 88.3 cm³/mol. The average molecular weight is 308 g/mol. The molecule has 0 aromatic rings. The van der Waals surface area contributed by atoms with Gasteiger partial charge in [0.1, 0.15) is 0 Å². The molecule has 2 rings (SSSR count). The van der Waals surface area contributed by atoms with Gasteiger partial charge in [-0.1, -0.05) is 20.8 Å². The molecule has 0 aromatic heterocycles. The zero-order valence-electron chi connectivity index (χ0n) is 14.8. The second kappa shape index (κ2) is 6.59. The van der Waals surface area contributed by atoms with Gasteiger partial charge in [0, 0.05) is 25.0 Å². The van der Waals surface area contributed by atoms with E-state index in [4.69, 9.17) is 0 Å². The summed E-state index contributed by atoms with van der Waals surface area (Å²) < 4.78 is 0. The average Bonchev–Trinajstić information content (AvgIpc) is 2.80. The standard InChI is InChI=1S/C18H32N2O2/c1-12(2)20-11-13(10-16(20)21)17(22)19-15-8-6-14(7-9-15)18(3,4)5/h12-15H,6-11H2,1-5H3,(H,19,22)/t13-,14?,15?/m0/s1. The molecule has 0 spiro atoms. The van der Waals surface area contributed by atoms with Gasteiger partial charge < -0.3 is 10.2 Å². The molecule has 2 aliphatic rings. The Morgan fingerprint density at radius 2 is 1.77 bits per heavy atom. The minimum Gasteiger partial charge on any atom is -0.353 e. The van der Waals surface area contributed by atoms with Crippen LogP contribution in [-0.2, 0) is 9.59 Å². The number of carbonyl (C=O) groups is 2. The highest BCUT2D eigenvalue weighted by molar-refractivity contribution is 5.89. The Balaban J connectivity index is 1.81. The van der Waals surface area contributed by atoms with Gasteiger partial charge in [0.05, 0.1) is 5.92 Å². The van der Waals surface area contributed by atoms with Crippen LogP contribution >= 0.6 is 0 Å². The molecular formula is C18H32N2O2. The summed E-state index contributed by atoms with van der Waals surface area (Å²) in [7, 11) is 0. The first kappa shape index (κ1) is 17.3. The molecule has 1 saturated heterocycles. The monoisotopic (exact) mass is 308 g/mol. The lowest BCUT2D eigenvalue weighted by atomic mass is 9.71. The maximum atomic E-state index is 12.4. The highest BCUT2D eigenvalue weighted by atomic mass is 16.2. The smallest absolute Gasteiger partial charge is 0.225 e. The summed E-state index contributed by atoms with van der Waals surface area (Å²) in [6.07, 6.45) is 4.90. The first-order chi connectivity index (χ1) is 10.2. The maximum absolute atomic E-state index is 12.4. The predicted octanol–water partition coefficient (Wildman–Crippen LogP) is 2.96. The number of amides is 2. The molecule has 2 amide bonds. The molecular weight excluding hydrogens is 276 g/mol. The number of carbonyl (C=O) groups excluding carboxylic acids is 2. The fourth-order valence-electron chi connectivity index (χ4n) is 3.83. The molecule has 0 radical (unpaired) electrons. The molecule has 0 aromatic carbocycles. The first-order valence-electron chi connectivity index (χ1n) is 8.78. The summed E-state index contributed by atoms with van der Waals surface area (Å²) in [5.74, 6) is 0.794. The third kappa shape index (κ3) is 4.02. The van der Waals surface area contributed by atoms with Crippen LogP contribution in [0.1, 0.15) is 66.7 Å². The fraction of sp³-hybridized carbons (Fsp3) is 0.889. The van der Waals surface area contributed by atoms with E-state index in [1.54, 1.807) is 0 Å². The minimum absolute atomic E-state index is 0.0794. The lowest BCUT2D eigenvalue weighted by Crippen LogP contribution is -2.43. The van der Waals surface area contributed by atoms with Crippen molar-refractivity contribution in [3.8, 4) is 0 Å². The van der Waals surface area contributed by atoms with E-state index in [1.807, 2.05) is 18.7 Å². The van der Waals surface area contributed by atoms with Crippen LogP contribution in [0.15, 0.2) is 0 Å². The zero-order valence-corrected chi connectivity index (χ0v) is 14.8. The topological polar surface area (TPSA) is 49.4 Å². The Bertz CT molecular complexity index is 417. The normalized spacial score (nSPS) is 30.0. The lowest BCUT2D eigenvalue weighted by Gasteiger charge is -2.37. The second-order valence-electron chi connectivity index (χ2n) is 8.46. The quantitative estimate of drug-likeness (QED) is 0.871. The molecule has 1 N–H and O–H groups in total. The molecule has 126 valence electrons. The van der Waals surface area contributed by atoms with E-state index >= 15 is 0 Å². The molecule has 22 heavy (non-hydrogen) atoms. The van der Waals surface area contributed by atoms with Crippen LogP contribution in [0, 0.1) is 17.3 Å². The third-order valence-electron chi connectivity index (χ3n) is 5.45. The van der Waals surface area contributed by atoms with E-state index in [1.165, 1.54) is 12.8 Å². The Hall–Kier alpha value is -1.06. The maximum Gasteiger partial charge on any atom is 0.225 e. The summed E-state index contributed by atoms with van der Waals surface area (Å²) in [6, 6.07) is 0.488. The molecule has 1 atom stereocenters. The summed E-state index contributed by atoms with van der Waals surface area (Å²) in [5, 5.41) is 3.20. The molecule has 4 heteroatoms. The van der Waals surface area contributed by atoms with Crippen LogP contribution in [0.4, 0.5) is 0 Å². The number of rotatable bonds is 3. The van der Waals surface area contributed by atoms with Crippen molar-refractivity contribution in [1.82, 2.24) is 10.2 Å². The molecule has 0 unspecified atom stereocenters. The summed E-state index contributed by atoms with van der Waals surface area (Å²) in [6.45, 7) is 11.5. The number of nitrogens with zero attached hydrogens (tertiary/aromatic N) is 1. The summed E-state index contributed by atoms with van der Waals surface area (Å²) >= 11 is 0. The molecule has 1 heterocycles. The molecule has 1 saturated carbocycles. The van der Waals surface area contributed by atoms with Gasteiger partial charge in [-0.15, -0.1) is 0 Å². The number of hydrogen-bond acceptors (Lipinski definition) is 2. The van der Waals surface area contributed by atoms with E-state index in [9.17, 15) is 9.59 Å². The van der Waals surface area contributed by atoms with Crippen LogP contribution in [0.5, 0.6) is 0 Å². The van der Waals surface area contributed by atoms with Gasteiger partial charge in [-0.2, -0.15) is 0 Å². The Labute approximate surface area is 135 Å². The van der Waals surface area contributed by atoms with Crippen LogP contribution < -0.4 is 5.32 Å². The summed E-state index contributed by atoms with van der Waals surface area (Å²) in [4.78, 5) is 26.2. The molecule has 1 aliphatic heterocycles. The van der Waals surface area contributed by atoms with Gasteiger partial charge in [-0.25, -0.2) is 0 Å². The van der Waals surface area contributed by atoms with Crippen molar-refractivity contribution >= 4 is 11.8 Å². The van der Waals surface area contributed by atoms with Crippen molar-refractivity contribution in [2.24, 2.45) is 17.3 Å². The van der Waals surface area contributed by atoms with Gasteiger partial charge in [-0.3, -0.25) is 9.59 Å². The third-order valence-corrected chi connectivity index (χ3v) is 5.45. The van der Waals surface area contributed by atoms with Gasteiger partial charge in [0.25, 0.3) is 0 Å². The number of likely N-dealkylation sites (tertiary alicyclic amines) is 1. The fourth-order valence-corrected chi connectivity index (χ4v) is 3.83. The van der Waals surface area contributed by atoms with Crippen LogP contribution in [0.3, 0.4) is 0 Å². The number of nitrogens with one attached hydrogen (secondary N) is 1. The highest BCUT2D eigenvalue weighted by Crippen LogP contribution is 2.37. The van der Waals surface area contributed by atoms with Crippen LogP contribution in [0.25, 0.3) is 0 Å². The Morgan fingerprint density at radius 3 is 2.23 bits per heavy atom.